The van der Waals surface area contributed by atoms with Crippen molar-refractivity contribution in [3.05, 3.63) is 12.7 Å². The van der Waals surface area contributed by atoms with Crippen molar-refractivity contribution in [1.82, 2.24) is 0 Å². The zero-order valence-corrected chi connectivity index (χ0v) is 11.8. The van der Waals surface area contributed by atoms with Gasteiger partial charge in [-0.2, -0.15) is 43.9 Å². The van der Waals surface area contributed by atoms with Gasteiger partial charge in [-0.15, -0.1) is 0 Å². The molecule has 148 valence electrons. The number of halogens is 12. The summed E-state index contributed by atoms with van der Waals surface area (Å²) in [6.07, 6.45) is -8.99. The van der Waals surface area contributed by atoms with E-state index in [1.165, 1.54) is 0 Å². The molecule has 0 saturated carbocycles. The fourth-order valence-electron chi connectivity index (χ4n) is 1.30. The number of esters is 1. The van der Waals surface area contributed by atoms with E-state index < -0.39 is 48.1 Å². The first kappa shape index (κ1) is 23.4. The van der Waals surface area contributed by atoms with Crippen molar-refractivity contribution in [2.45, 2.75) is 49.1 Å². The Labute approximate surface area is 131 Å². The van der Waals surface area contributed by atoms with Crippen LogP contribution in [-0.2, 0) is 9.53 Å². The molecule has 0 saturated heterocycles. The molecule has 0 bridgehead atoms. The lowest BCUT2D eigenvalue weighted by molar-refractivity contribution is -0.419. The van der Waals surface area contributed by atoms with E-state index in [2.05, 4.69) is 11.3 Å². The summed E-state index contributed by atoms with van der Waals surface area (Å²) in [5, 5.41) is 0. The summed E-state index contributed by atoms with van der Waals surface area (Å²) in [5.41, 5.74) is 0. The minimum Gasteiger partial charge on any atom is -0.453 e. The molecule has 0 aromatic rings. The number of carbonyl (C=O) groups excluding carboxylic acids is 1. The SMILES string of the molecule is C=CC(=O)OC(C)C(F)(F)C(F)(F)C(F)(F)C(F)(F)C(F)(F)C(F)F. The molecule has 0 rings (SSSR count). The monoisotopic (exact) mass is 400 g/mol. The third-order valence-electron chi connectivity index (χ3n) is 2.87. The Hall–Kier alpha value is -1.63. The zero-order valence-electron chi connectivity index (χ0n) is 11.8. The topological polar surface area (TPSA) is 26.3 Å². The predicted molar refractivity (Wildman–Crippen MR) is 56.5 cm³/mol. The normalized spacial score (nSPS) is 15.9. The van der Waals surface area contributed by atoms with Crippen molar-refractivity contribution < 1.29 is 62.2 Å². The van der Waals surface area contributed by atoms with Gasteiger partial charge < -0.3 is 4.74 Å². The fraction of sp³-hybridized carbons (Fsp3) is 0.727. The molecule has 0 heterocycles. The van der Waals surface area contributed by atoms with Gasteiger partial charge in [0.25, 0.3) is 0 Å². The van der Waals surface area contributed by atoms with Crippen LogP contribution >= 0.6 is 0 Å². The molecule has 0 radical (unpaired) electrons. The molecule has 2 nitrogen and oxygen atoms in total. The van der Waals surface area contributed by atoms with E-state index in [4.69, 9.17) is 0 Å². The van der Waals surface area contributed by atoms with Crippen LogP contribution in [0.25, 0.3) is 0 Å². The Kier molecular flexibility index (Phi) is 6.16. The average Bonchev–Trinajstić information content (AvgIpc) is 2.45. The molecule has 14 heteroatoms. The van der Waals surface area contributed by atoms with Gasteiger partial charge in [0, 0.05) is 6.08 Å². The minimum atomic E-state index is -7.65. The highest BCUT2D eigenvalue weighted by Gasteiger charge is 2.88. The Morgan fingerprint density at radius 2 is 1.20 bits per heavy atom. The van der Waals surface area contributed by atoms with E-state index in [0.29, 0.717) is 0 Å². The van der Waals surface area contributed by atoms with Crippen molar-refractivity contribution >= 4 is 5.97 Å². The second kappa shape index (κ2) is 6.59. The van der Waals surface area contributed by atoms with E-state index in [9.17, 15) is 57.5 Å². The highest BCUT2D eigenvalue weighted by Crippen LogP contribution is 2.58. The molecular weight excluding hydrogens is 392 g/mol. The van der Waals surface area contributed by atoms with Crippen LogP contribution in [0.3, 0.4) is 0 Å². The second-order valence-electron chi connectivity index (χ2n) is 4.55. The van der Waals surface area contributed by atoms with Crippen LogP contribution < -0.4 is 0 Å². The summed E-state index contributed by atoms with van der Waals surface area (Å²) in [4.78, 5) is 10.6. The first-order chi connectivity index (χ1) is 10.8. The van der Waals surface area contributed by atoms with Crippen molar-refractivity contribution in [2.75, 3.05) is 0 Å². The smallest absolute Gasteiger partial charge is 0.384 e. The van der Waals surface area contributed by atoms with E-state index in [1.54, 1.807) is 0 Å². The van der Waals surface area contributed by atoms with Gasteiger partial charge in [-0.05, 0) is 6.92 Å². The van der Waals surface area contributed by atoms with Crippen molar-refractivity contribution in [3.63, 3.8) is 0 Å². The number of alkyl halides is 12. The highest BCUT2D eigenvalue weighted by molar-refractivity contribution is 5.81. The third-order valence-corrected chi connectivity index (χ3v) is 2.87. The summed E-state index contributed by atoms with van der Waals surface area (Å²) >= 11 is 0. The quantitative estimate of drug-likeness (QED) is 0.340. The van der Waals surface area contributed by atoms with Gasteiger partial charge in [-0.3, -0.25) is 0 Å². The fourth-order valence-corrected chi connectivity index (χ4v) is 1.30. The molecule has 25 heavy (non-hydrogen) atoms. The van der Waals surface area contributed by atoms with E-state index in [-0.39, 0.29) is 13.0 Å². The number of hydrogen-bond acceptors (Lipinski definition) is 2. The second-order valence-corrected chi connectivity index (χ2v) is 4.55. The Morgan fingerprint density at radius 3 is 1.52 bits per heavy atom. The molecule has 0 aromatic heterocycles. The maximum Gasteiger partial charge on any atom is 0.384 e. The van der Waals surface area contributed by atoms with E-state index in [0.717, 1.165) is 0 Å². The summed E-state index contributed by atoms with van der Waals surface area (Å²) < 4.78 is 158. The molecular formula is C11H8F12O2. The van der Waals surface area contributed by atoms with Gasteiger partial charge in [-0.25, -0.2) is 13.6 Å². The van der Waals surface area contributed by atoms with Crippen LogP contribution in [0, 0.1) is 0 Å². The summed E-state index contributed by atoms with van der Waals surface area (Å²) in [5.74, 6) is -37.8. The lowest BCUT2D eigenvalue weighted by atomic mass is 9.92. The van der Waals surface area contributed by atoms with Crippen molar-refractivity contribution in [1.29, 1.82) is 0 Å². The molecule has 0 amide bonds. The molecule has 0 aliphatic carbocycles. The average molecular weight is 400 g/mol. The van der Waals surface area contributed by atoms with Gasteiger partial charge in [-0.1, -0.05) is 6.58 Å². The van der Waals surface area contributed by atoms with Gasteiger partial charge in [0.1, 0.15) is 0 Å². The van der Waals surface area contributed by atoms with Gasteiger partial charge in [0.05, 0.1) is 0 Å². The first-order valence-corrected chi connectivity index (χ1v) is 5.82. The van der Waals surface area contributed by atoms with Crippen molar-refractivity contribution in [2.24, 2.45) is 0 Å². The lowest BCUT2D eigenvalue weighted by Crippen LogP contribution is -2.70. The minimum absolute atomic E-state index is 0.114. The third kappa shape index (κ3) is 3.38. The number of hydrogen-bond donors (Lipinski definition) is 0. The molecule has 0 N–H and O–H groups in total. The molecule has 0 aliphatic heterocycles. The summed E-state index contributed by atoms with van der Waals surface area (Å²) in [6.45, 7) is 2.50. The maximum atomic E-state index is 13.4. The van der Waals surface area contributed by atoms with Gasteiger partial charge >= 0.3 is 42.0 Å². The highest BCUT2D eigenvalue weighted by atomic mass is 19.4. The standard InChI is InChI=1S/C11H8F12O2/c1-3-5(24)25-4(2)7(14,15)9(18,19)11(22,23)10(20,21)8(16,17)6(12)13/h3-4,6H,1H2,2H3. The van der Waals surface area contributed by atoms with E-state index >= 15 is 0 Å². The van der Waals surface area contributed by atoms with Gasteiger partial charge in [0.2, 0.25) is 0 Å². The molecule has 0 aliphatic rings. The molecule has 1 atom stereocenters. The lowest BCUT2D eigenvalue weighted by Gasteiger charge is -2.40. The van der Waals surface area contributed by atoms with Crippen LogP contribution in [0.1, 0.15) is 6.92 Å². The Morgan fingerprint density at radius 1 is 0.840 bits per heavy atom. The van der Waals surface area contributed by atoms with E-state index in [1.807, 2.05) is 0 Å². The maximum absolute atomic E-state index is 13.4. The summed E-state index contributed by atoms with van der Waals surface area (Å²) in [6, 6.07) is 0. The molecule has 0 fully saturated rings. The Balaban J connectivity index is 6.10. The molecule has 1 unspecified atom stereocenters. The molecule has 0 aromatic carbocycles. The van der Waals surface area contributed by atoms with Gasteiger partial charge in [0.15, 0.2) is 6.10 Å². The van der Waals surface area contributed by atoms with Crippen LogP contribution in [0.15, 0.2) is 12.7 Å². The van der Waals surface area contributed by atoms with Crippen molar-refractivity contribution in [3.8, 4) is 0 Å². The number of carbonyl (C=O) groups is 1. The van der Waals surface area contributed by atoms with Crippen LogP contribution in [0.4, 0.5) is 52.7 Å². The summed E-state index contributed by atoms with van der Waals surface area (Å²) in [7, 11) is 0. The largest absolute Gasteiger partial charge is 0.453 e. The predicted octanol–water partition coefficient (Wildman–Crippen LogP) is 4.55. The van der Waals surface area contributed by atoms with Crippen LogP contribution in [-0.4, -0.2) is 48.1 Å². The number of ether oxygens (including phenoxy) is 1. The Bertz CT molecular complexity index is 513. The van der Waals surface area contributed by atoms with Crippen LogP contribution in [0.2, 0.25) is 0 Å². The zero-order chi connectivity index (χ0) is 20.6. The number of rotatable bonds is 8. The first-order valence-electron chi connectivity index (χ1n) is 5.82. The molecule has 0 spiro atoms. The van der Waals surface area contributed by atoms with Crippen LogP contribution in [0.5, 0.6) is 0 Å².